The summed E-state index contributed by atoms with van der Waals surface area (Å²) in [5.74, 6) is -1.39. The highest BCUT2D eigenvalue weighted by atomic mass is 35.5. The Kier molecular flexibility index (Phi) is 5.21. The van der Waals surface area contributed by atoms with Crippen molar-refractivity contribution >= 4 is 29.2 Å². The number of hydrogen-bond acceptors (Lipinski definition) is 3. The van der Waals surface area contributed by atoms with Crippen molar-refractivity contribution in [3.8, 4) is 0 Å². The molecule has 0 aromatic heterocycles. The fourth-order valence-electron chi connectivity index (χ4n) is 2.13. The van der Waals surface area contributed by atoms with Crippen LogP contribution in [0.5, 0.6) is 0 Å². The molecule has 1 N–H and O–H groups in total. The molecule has 1 aliphatic heterocycles. The van der Waals surface area contributed by atoms with E-state index in [0.717, 1.165) is 0 Å². The number of carboxylic acid groups (broad SMARTS) is 1. The summed E-state index contributed by atoms with van der Waals surface area (Å²) in [7, 11) is 0. The van der Waals surface area contributed by atoms with Gasteiger partial charge < -0.3 is 9.84 Å². The van der Waals surface area contributed by atoms with Gasteiger partial charge in [-0.3, -0.25) is 9.69 Å². The lowest BCUT2D eigenvalue weighted by Crippen LogP contribution is -2.39. The summed E-state index contributed by atoms with van der Waals surface area (Å²) in [6.07, 6.45) is -0.313. The van der Waals surface area contributed by atoms with Gasteiger partial charge in [0, 0.05) is 30.2 Å². The van der Waals surface area contributed by atoms with Crippen molar-refractivity contribution in [2.24, 2.45) is 0 Å². The number of halogens is 3. The minimum Gasteiger partial charge on any atom is -0.481 e. The molecule has 1 aromatic carbocycles. The molecule has 1 saturated heterocycles. The van der Waals surface area contributed by atoms with Crippen LogP contribution in [0.25, 0.3) is 0 Å². The molecule has 110 valence electrons. The highest BCUT2D eigenvalue weighted by Gasteiger charge is 2.25. The topological polar surface area (TPSA) is 49.8 Å². The minimum atomic E-state index is -0.844. The van der Waals surface area contributed by atoms with E-state index >= 15 is 0 Å². The van der Waals surface area contributed by atoms with Crippen LogP contribution in [0.3, 0.4) is 0 Å². The highest BCUT2D eigenvalue weighted by Crippen LogP contribution is 2.32. The van der Waals surface area contributed by atoms with E-state index in [-0.39, 0.29) is 17.5 Å². The van der Waals surface area contributed by atoms with Crippen molar-refractivity contribution in [1.82, 2.24) is 4.90 Å². The maximum absolute atomic E-state index is 13.5. The number of carboxylic acids is 1. The Morgan fingerprint density at radius 3 is 2.90 bits per heavy atom. The molecule has 0 saturated carbocycles. The van der Waals surface area contributed by atoms with Gasteiger partial charge in [0.25, 0.3) is 0 Å². The van der Waals surface area contributed by atoms with E-state index < -0.39 is 11.8 Å². The summed E-state index contributed by atoms with van der Waals surface area (Å²) < 4.78 is 19.1. The third kappa shape index (κ3) is 3.82. The number of aliphatic carboxylic acids is 1. The van der Waals surface area contributed by atoms with E-state index in [1.165, 1.54) is 12.1 Å². The largest absolute Gasteiger partial charge is 0.481 e. The molecule has 20 heavy (non-hydrogen) atoms. The van der Waals surface area contributed by atoms with E-state index in [4.69, 9.17) is 33.0 Å². The summed E-state index contributed by atoms with van der Waals surface area (Å²) >= 11 is 11.7. The van der Waals surface area contributed by atoms with Crippen LogP contribution in [-0.4, -0.2) is 42.2 Å². The average Bonchev–Trinajstić information content (AvgIpc) is 2.41. The van der Waals surface area contributed by atoms with E-state index in [9.17, 15) is 9.18 Å². The molecule has 0 bridgehead atoms. The first-order valence-electron chi connectivity index (χ1n) is 6.17. The van der Waals surface area contributed by atoms with Crippen LogP contribution >= 0.6 is 23.2 Å². The number of benzene rings is 1. The summed E-state index contributed by atoms with van der Waals surface area (Å²) in [6.45, 7) is 2.01. The zero-order valence-corrected chi connectivity index (χ0v) is 12.1. The molecule has 1 fully saturated rings. The molecule has 0 aliphatic carbocycles. The lowest BCUT2D eigenvalue weighted by Gasteiger charge is -2.33. The van der Waals surface area contributed by atoms with Crippen molar-refractivity contribution in [2.45, 2.75) is 12.5 Å². The quantitative estimate of drug-likeness (QED) is 0.866. The Morgan fingerprint density at radius 1 is 1.45 bits per heavy atom. The van der Waals surface area contributed by atoms with Crippen molar-refractivity contribution in [3.63, 3.8) is 0 Å². The number of nitrogens with zero attached hydrogens (tertiary/aromatic N) is 1. The Bertz CT molecular complexity index is 513. The molecular formula is C13H14Cl2FNO3. The molecule has 1 aliphatic rings. The van der Waals surface area contributed by atoms with E-state index in [0.29, 0.717) is 36.8 Å². The third-order valence-electron chi connectivity index (χ3n) is 3.18. The summed E-state index contributed by atoms with van der Waals surface area (Å²) in [5, 5.41) is 9.01. The lowest BCUT2D eigenvalue weighted by atomic mass is 10.1. The van der Waals surface area contributed by atoms with Gasteiger partial charge in [-0.1, -0.05) is 23.2 Å². The first-order valence-corrected chi connectivity index (χ1v) is 6.93. The molecule has 0 spiro atoms. The molecule has 1 aromatic rings. The maximum atomic E-state index is 13.5. The van der Waals surface area contributed by atoms with Gasteiger partial charge in [0.05, 0.1) is 24.2 Å². The van der Waals surface area contributed by atoms with E-state index in [2.05, 4.69) is 0 Å². The van der Waals surface area contributed by atoms with Crippen molar-refractivity contribution in [1.29, 1.82) is 0 Å². The summed E-state index contributed by atoms with van der Waals surface area (Å²) in [6, 6.07) is 2.63. The molecule has 4 nitrogen and oxygen atoms in total. The van der Waals surface area contributed by atoms with Gasteiger partial charge in [-0.25, -0.2) is 4.39 Å². The molecule has 7 heteroatoms. The Labute approximate surface area is 126 Å². The van der Waals surface area contributed by atoms with Gasteiger partial charge in [0.2, 0.25) is 0 Å². The SMILES string of the molecule is O=C(O)CCN1CCO[C@H](c2cc(F)c(Cl)cc2Cl)C1. The summed E-state index contributed by atoms with van der Waals surface area (Å²) in [5.41, 5.74) is 0.536. The van der Waals surface area contributed by atoms with Crippen LogP contribution in [0.4, 0.5) is 4.39 Å². The number of hydrogen-bond donors (Lipinski definition) is 1. The fourth-order valence-corrected chi connectivity index (χ4v) is 2.64. The van der Waals surface area contributed by atoms with Gasteiger partial charge in [0.1, 0.15) is 5.82 Å². The molecule has 1 atom stereocenters. The Morgan fingerprint density at radius 2 is 2.20 bits per heavy atom. The van der Waals surface area contributed by atoms with Gasteiger partial charge >= 0.3 is 5.97 Å². The predicted molar refractivity (Wildman–Crippen MR) is 73.8 cm³/mol. The van der Waals surface area contributed by atoms with Gasteiger partial charge in [0.15, 0.2) is 0 Å². The van der Waals surface area contributed by atoms with Gasteiger partial charge in [-0.15, -0.1) is 0 Å². The number of rotatable bonds is 4. The molecule has 0 unspecified atom stereocenters. The fraction of sp³-hybridized carbons (Fsp3) is 0.462. The second kappa shape index (κ2) is 6.72. The molecule has 1 heterocycles. The van der Waals surface area contributed by atoms with Crippen molar-refractivity contribution in [2.75, 3.05) is 26.2 Å². The molecule has 0 radical (unpaired) electrons. The van der Waals surface area contributed by atoms with Crippen LogP contribution < -0.4 is 0 Å². The third-order valence-corrected chi connectivity index (χ3v) is 3.80. The minimum absolute atomic E-state index is 0.0303. The second-order valence-corrected chi connectivity index (χ2v) is 5.41. The maximum Gasteiger partial charge on any atom is 0.304 e. The predicted octanol–water partition coefficient (Wildman–Crippen LogP) is 2.98. The molecule has 0 amide bonds. The first kappa shape index (κ1) is 15.5. The normalized spacial score (nSPS) is 20.1. The van der Waals surface area contributed by atoms with Crippen LogP contribution in [-0.2, 0) is 9.53 Å². The number of morpholine rings is 1. The average molecular weight is 322 g/mol. The number of ether oxygens (including phenoxy) is 1. The van der Waals surface area contributed by atoms with Crippen molar-refractivity contribution in [3.05, 3.63) is 33.6 Å². The smallest absolute Gasteiger partial charge is 0.304 e. The van der Waals surface area contributed by atoms with Crippen molar-refractivity contribution < 1.29 is 19.0 Å². The standard InChI is InChI=1S/C13H14Cl2FNO3/c14-9-6-10(15)11(16)5-8(9)12-7-17(3-4-20-12)2-1-13(18)19/h5-6,12H,1-4,7H2,(H,18,19)/t12-/m0/s1. The Balaban J connectivity index is 2.08. The van der Waals surface area contributed by atoms with Crippen LogP contribution in [0, 0.1) is 5.82 Å². The molecule has 2 rings (SSSR count). The Hall–Kier alpha value is -0.880. The second-order valence-electron chi connectivity index (χ2n) is 4.59. The van der Waals surface area contributed by atoms with E-state index in [1.54, 1.807) is 0 Å². The molecular weight excluding hydrogens is 308 g/mol. The first-order chi connectivity index (χ1) is 9.47. The lowest BCUT2D eigenvalue weighted by molar-refractivity contribution is -0.137. The highest BCUT2D eigenvalue weighted by molar-refractivity contribution is 6.35. The monoisotopic (exact) mass is 321 g/mol. The van der Waals surface area contributed by atoms with Crippen LogP contribution in [0.15, 0.2) is 12.1 Å². The van der Waals surface area contributed by atoms with Crippen LogP contribution in [0.2, 0.25) is 10.0 Å². The zero-order valence-electron chi connectivity index (χ0n) is 10.6. The summed E-state index contributed by atoms with van der Waals surface area (Å²) in [4.78, 5) is 12.5. The van der Waals surface area contributed by atoms with Gasteiger partial charge in [-0.05, 0) is 12.1 Å². The van der Waals surface area contributed by atoms with Gasteiger partial charge in [-0.2, -0.15) is 0 Å². The van der Waals surface area contributed by atoms with Crippen LogP contribution in [0.1, 0.15) is 18.1 Å². The zero-order chi connectivity index (χ0) is 14.7. The number of carbonyl (C=O) groups is 1. The van der Waals surface area contributed by atoms with E-state index in [1.807, 2.05) is 4.90 Å².